The fourth-order valence-corrected chi connectivity index (χ4v) is 10.3. The summed E-state index contributed by atoms with van der Waals surface area (Å²) >= 11 is 0. The third-order valence-electron chi connectivity index (χ3n) is 12.3. The SMILES string of the molecule is C[C@H](CCC(=O)O)[C@H]1CC[C@H]2[C@@H]3[C@@H](O)C[C@@H]4C[C@@H](Nc5ccc([N+](=O)[O-])c6c5NON6)CC[C@]4(C)[C@H]3CC[C@]12C. The first-order valence-electron chi connectivity index (χ1n) is 15.2. The number of hydrogen-bond acceptors (Lipinski definition) is 8. The molecule has 10 heteroatoms. The normalized spacial score (nSPS) is 40.5. The zero-order valence-electron chi connectivity index (χ0n) is 23.8. The van der Waals surface area contributed by atoms with Crippen molar-refractivity contribution in [2.24, 2.45) is 46.3 Å². The molecule has 1 aromatic carbocycles. The van der Waals surface area contributed by atoms with E-state index in [4.69, 9.17) is 4.94 Å². The highest BCUT2D eigenvalue weighted by atomic mass is 16.8. The summed E-state index contributed by atoms with van der Waals surface area (Å²) < 4.78 is 0. The van der Waals surface area contributed by atoms with Crippen molar-refractivity contribution in [2.45, 2.75) is 97.1 Å². The average molecular weight is 557 g/mol. The van der Waals surface area contributed by atoms with Gasteiger partial charge in [0.2, 0.25) is 0 Å². The summed E-state index contributed by atoms with van der Waals surface area (Å²) in [4.78, 5) is 27.3. The molecule has 1 aromatic rings. The van der Waals surface area contributed by atoms with Crippen molar-refractivity contribution in [3.8, 4) is 0 Å². The smallest absolute Gasteiger partial charge is 0.303 e. The largest absolute Gasteiger partial charge is 0.481 e. The molecule has 0 saturated heterocycles. The topological polar surface area (TPSA) is 146 Å². The lowest BCUT2D eigenvalue weighted by molar-refractivity contribution is -0.384. The van der Waals surface area contributed by atoms with Crippen LogP contribution in [0, 0.1) is 56.5 Å². The van der Waals surface area contributed by atoms with Gasteiger partial charge in [0.15, 0.2) is 5.69 Å². The Labute approximate surface area is 235 Å². The van der Waals surface area contributed by atoms with E-state index in [1.807, 2.05) is 0 Å². The molecule has 4 fully saturated rings. The first kappa shape index (κ1) is 27.6. The molecule has 10 atom stereocenters. The summed E-state index contributed by atoms with van der Waals surface area (Å²) in [6.45, 7) is 7.17. The van der Waals surface area contributed by atoms with Gasteiger partial charge in [0, 0.05) is 18.5 Å². The number of nitrogens with zero attached hydrogens (tertiary/aromatic N) is 1. The van der Waals surface area contributed by atoms with E-state index in [0.29, 0.717) is 46.9 Å². The summed E-state index contributed by atoms with van der Waals surface area (Å²) in [5.41, 5.74) is 7.40. The van der Waals surface area contributed by atoms with Crippen LogP contribution in [-0.2, 0) is 9.73 Å². The van der Waals surface area contributed by atoms with Gasteiger partial charge in [0.05, 0.1) is 16.7 Å². The molecule has 4 saturated carbocycles. The van der Waals surface area contributed by atoms with Gasteiger partial charge in [-0.05, 0) is 110 Å². The molecule has 1 heterocycles. The van der Waals surface area contributed by atoms with Crippen molar-refractivity contribution in [2.75, 3.05) is 16.3 Å². The van der Waals surface area contributed by atoms with Crippen LogP contribution in [0.5, 0.6) is 0 Å². The van der Waals surface area contributed by atoms with Crippen molar-refractivity contribution in [3.05, 3.63) is 22.2 Å². The van der Waals surface area contributed by atoms with E-state index >= 15 is 0 Å². The van der Waals surface area contributed by atoms with Crippen molar-refractivity contribution < 1.29 is 24.9 Å². The Morgan fingerprint density at radius 1 is 1.12 bits per heavy atom. The number of carboxylic acids is 1. The minimum absolute atomic E-state index is 0.0297. The minimum atomic E-state index is -0.707. The molecule has 0 amide bonds. The van der Waals surface area contributed by atoms with Gasteiger partial charge in [0.25, 0.3) is 5.69 Å². The number of benzene rings is 1. The van der Waals surface area contributed by atoms with E-state index < -0.39 is 10.9 Å². The van der Waals surface area contributed by atoms with E-state index in [2.05, 4.69) is 37.0 Å². The zero-order valence-corrected chi connectivity index (χ0v) is 23.8. The fourth-order valence-electron chi connectivity index (χ4n) is 10.3. The number of rotatable bonds is 7. The number of aliphatic hydroxyl groups excluding tert-OH is 1. The molecule has 5 N–H and O–H groups in total. The molecule has 40 heavy (non-hydrogen) atoms. The summed E-state index contributed by atoms with van der Waals surface area (Å²) in [5, 5.41) is 36.0. The number of nitro benzene ring substituents is 1. The average Bonchev–Trinajstić information content (AvgIpc) is 3.53. The van der Waals surface area contributed by atoms with Crippen molar-refractivity contribution >= 4 is 28.7 Å². The van der Waals surface area contributed by atoms with E-state index in [9.17, 15) is 25.1 Å². The summed E-state index contributed by atoms with van der Waals surface area (Å²) in [7, 11) is 0. The maximum atomic E-state index is 11.7. The fraction of sp³-hybridized carbons (Fsp3) is 0.767. The lowest BCUT2D eigenvalue weighted by atomic mass is 9.43. The van der Waals surface area contributed by atoms with Crippen LogP contribution in [0.4, 0.5) is 22.7 Å². The summed E-state index contributed by atoms with van der Waals surface area (Å²) in [5.74, 6) is 1.98. The molecule has 10 nitrogen and oxygen atoms in total. The van der Waals surface area contributed by atoms with Gasteiger partial charge < -0.3 is 15.5 Å². The molecule has 0 aromatic heterocycles. The van der Waals surface area contributed by atoms with Gasteiger partial charge in [-0.1, -0.05) is 20.8 Å². The Hall–Kier alpha value is -2.59. The van der Waals surface area contributed by atoms with Crippen LogP contribution in [0.15, 0.2) is 12.1 Å². The van der Waals surface area contributed by atoms with Gasteiger partial charge in [-0.15, -0.1) is 0 Å². The van der Waals surface area contributed by atoms with Crippen molar-refractivity contribution in [1.29, 1.82) is 0 Å². The Balaban J connectivity index is 1.17. The third-order valence-corrected chi connectivity index (χ3v) is 12.3. The molecule has 220 valence electrons. The molecule has 0 bridgehead atoms. The van der Waals surface area contributed by atoms with Crippen molar-refractivity contribution in [1.82, 2.24) is 0 Å². The maximum absolute atomic E-state index is 11.7. The Morgan fingerprint density at radius 3 is 2.60 bits per heavy atom. The Morgan fingerprint density at radius 2 is 1.85 bits per heavy atom. The quantitative estimate of drug-likeness (QED) is 0.196. The Kier molecular flexibility index (Phi) is 6.93. The highest BCUT2D eigenvalue weighted by Gasteiger charge is 2.62. The number of fused-ring (bicyclic) bond motifs is 6. The maximum Gasteiger partial charge on any atom is 0.303 e. The number of hydrogen-bond donors (Lipinski definition) is 5. The van der Waals surface area contributed by atoms with Crippen LogP contribution in [-0.4, -0.2) is 33.3 Å². The molecular weight excluding hydrogens is 512 g/mol. The first-order chi connectivity index (χ1) is 19.0. The number of aliphatic carboxylic acids is 1. The predicted molar refractivity (Wildman–Crippen MR) is 151 cm³/mol. The molecular formula is C30H44N4O6. The summed E-state index contributed by atoms with van der Waals surface area (Å²) in [6.07, 6.45) is 9.19. The molecule has 4 aliphatic carbocycles. The number of aliphatic hydroxyl groups is 1. The van der Waals surface area contributed by atoms with Gasteiger partial charge in [-0.2, -0.15) is 4.94 Å². The first-order valence-corrected chi connectivity index (χ1v) is 15.2. The Bertz CT molecular complexity index is 1180. The lowest BCUT2D eigenvalue weighted by Gasteiger charge is -2.62. The van der Waals surface area contributed by atoms with Gasteiger partial charge in [-0.3, -0.25) is 14.9 Å². The number of nitrogens with one attached hydrogen (secondary N) is 3. The molecule has 5 aliphatic rings. The molecule has 0 spiro atoms. The minimum Gasteiger partial charge on any atom is -0.481 e. The van der Waals surface area contributed by atoms with E-state index in [1.54, 1.807) is 6.07 Å². The van der Waals surface area contributed by atoms with E-state index in [-0.39, 0.29) is 35.1 Å². The van der Waals surface area contributed by atoms with E-state index in [0.717, 1.165) is 57.1 Å². The number of carboxylic acid groups (broad SMARTS) is 1. The number of anilines is 3. The van der Waals surface area contributed by atoms with Gasteiger partial charge in [-0.25, -0.2) is 11.0 Å². The van der Waals surface area contributed by atoms with Crippen molar-refractivity contribution in [3.63, 3.8) is 0 Å². The second-order valence-corrected chi connectivity index (χ2v) is 14.0. The van der Waals surface area contributed by atoms with Crippen LogP contribution in [0.3, 0.4) is 0 Å². The molecule has 0 radical (unpaired) electrons. The highest BCUT2D eigenvalue weighted by Crippen LogP contribution is 2.68. The van der Waals surface area contributed by atoms with Gasteiger partial charge in [0.1, 0.15) is 5.69 Å². The van der Waals surface area contributed by atoms with Crippen LogP contribution in [0.25, 0.3) is 0 Å². The summed E-state index contributed by atoms with van der Waals surface area (Å²) in [6, 6.07) is 3.47. The van der Waals surface area contributed by atoms with Crippen LogP contribution < -0.4 is 16.3 Å². The second-order valence-electron chi connectivity index (χ2n) is 14.0. The van der Waals surface area contributed by atoms with E-state index in [1.165, 1.54) is 12.5 Å². The highest BCUT2D eigenvalue weighted by molar-refractivity contribution is 5.89. The lowest BCUT2D eigenvalue weighted by Crippen LogP contribution is -2.59. The predicted octanol–water partition coefficient (Wildman–Crippen LogP) is 6.19. The van der Waals surface area contributed by atoms with Crippen LogP contribution in [0.1, 0.15) is 85.0 Å². The second kappa shape index (κ2) is 10.0. The molecule has 6 rings (SSSR count). The molecule has 0 unspecified atom stereocenters. The van der Waals surface area contributed by atoms with Crippen LogP contribution in [0.2, 0.25) is 0 Å². The molecule has 1 aliphatic heterocycles. The number of nitro groups is 1. The third kappa shape index (κ3) is 4.33. The monoisotopic (exact) mass is 556 g/mol. The van der Waals surface area contributed by atoms with Crippen LogP contribution >= 0.6 is 0 Å². The zero-order chi connectivity index (χ0) is 28.4. The van der Waals surface area contributed by atoms with Gasteiger partial charge >= 0.3 is 5.97 Å². The number of carbonyl (C=O) groups is 1. The standard InChI is InChI=1S/C30H44N4O6/c1-16(4-9-25(36)37)19-5-6-20-26-21(11-13-30(19,20)3)29(2)12-10-18(14-17(29)15-24(26)35)31-22-7-8-23(34(38)39)28-27(22)32-40-33-28/h7-8,16-21,24,26,31-33,35H,4-6,9-15H2,1-3H3,(H,36,37)/t16-,17+,18+,19-,20+,21+,24+,26+,29+,30-/m1/s1.